The Labute approximate surface area is 123 Å². The summed E-state index contributed by atoms with van der Waals surface area (Å²) in [7, 11) is 0. The highest BCUT2D eigenvalue weighted by molar-refractivity contribution is 5.94. The third-order valence-corrected chi connectivity index (χ3v) is 4.17. The van der Waals surface area contributed by atoms with Crippen molar-refractivity contribution in [2.24, 2.45) is 11.7 Å². The predicted molar refractivity (Wildman–Crippen MR) is 81.9 cm³/mol. The van der Waals surface area contributed by atoms with Gasteiger partial charge in [0.1, 0.15) is 5.52 Å². The number of oxazole rings is 1. The van der Waals surface area contributed by atoms with E-state index in [-0.39, 0.29) is 17.9 Å². The lowest BCUT2D eigenvalue weighted by atomic mass is 9.94. The minimum Gasteiger partial charge on any atom is -0.441 e. The van der Waals surface area contributed by atoms with Gasteiger partial charge < -0.3 is 15.5 Å². The zero-order chi connectivity index (χ0) is 14.8. The van der Waals surface area contributed by atoms with Crippen LogP contribution in [0.15, 0.2) is 22.6 Å². The van der Waals surface area contributed by atoms with Crippen molar-refractivity contribution in [3.05, 3.63) is 24.1 Å². The first-order valence-corrected chi connectivity index (χ1v) is 7.57. The van der Waals surface area contributed by atoms with Gasteiger partial charge >= 0.3 is 0 Å². The zero-order valence-corrected chi connectivity index (χ0v) is 12.3. The zero-order valence-electron chi connectivity index (χ0n) is 12.3. The summed E-state index contributed by atoms with van der Waals surface area (Å²) in [6.07, 6.45) is 5.17. The number of carbonyl (C=O) groups excluding carboxylic acids is 1. The molecule has 0 spiro atoms. The number of nitrogens with one attached hydrogen (secondary N) is 1. The first-order valence-electron chi connectivity index (χ1n) is 7.57. The lowest BCUT2D eigenvalue weighted by Crippen LogP contribution is -2.37. The third kappa shape index (κ3) is 3.08. The van der Waals surface area contributed by atoms with E-state index in [0.717, 1.165) is 42.5 Å². The summed E-state index contributed by atoms with van der Waals surface area (Å²) >= 11 is 0. The van der Waals surface area contributed by atoms with E-state index in [0.29, 0.717) is 5.89 Å². The van der Waals surface area contributed by atoms with E-state index in [2.05, 4.69) is 10.3 Å². The van der Waals surface area contributed by atoms with Crippen molar-refractivity contribution in [3.63, 3.8) is 0 Å². The fourth-order valence-corrected chi connectivity index (χ4v) is 3.02. The maximum atomic E-state index is 12.4. The maximum absolute atomic E-state index is 12.4. The molecule has 1 fully saturated rings. The minimum atomic E-state index is -0.0951. The first kappa shape index (κ1) is 14.1. The molecule has 3 rings (SSSR count). The molecule has 1 heterocycles. The van der Waals surface area contributed by atoms with Crippen molar-refractivity contribution in [2.75, 3.05) is 5.32 Å². The van der Waals surface area contributed by atoms with Crippen LogP contribution in [0, 0.1) is 12.8 Å². The molecule has 2 aromatic rings. The molecule has 112 valence electrons. The SMILES string of the molecule is Cc1nc2cc(NC(=O)C3CCCCCC3N)ccc2o1. The fourth-order valence-electron chi connectivity index (χ4n) is 3.02. The van der Waals surface area contributed by atoms with Crippen LogP contribution in [0.4, 0.5) is 5.69 Å². The third-order valence-electron chi connectivity index (χ3n) is 4.17. The van der Waals surface area contributed by atoms with Crippen molar-refractivity contribution in [1.82, 2.24) is 4.98 Å². The standard InChI is InChI=1S/C16H21N3O2/c1-10-18-14-9-11(7-8-15(14)21-10)19-16(20)12-5-3-2-4-6-13(12)17/h7-9,12-13H,2-6,17H2,1H3,(H,19,20). The number of rotatable bonds is 2. The van der Waals surface area contributed by atoms with E-state index in [1.165, 1.54) is 6.42 Å². The Morgan fingerprint density at radius 1 is 1.33 bits per heavy atom. The Morgan fingerprint density at radius 2 is 2.14 bits per heavy atom. The van der Waals surface area contributed by atoms with Crippen LogP contribution >= 0.6 is 0 Å². The van der Waals surface area contributed by atoms with Crippen molar-refractivity contribution in [3.8, 4) is 0 Å². The Bertz CT molecular complexity index is 650. The van der Waals surface area contributed by atoms with Gasteiger partial charge in [-0.2, -0.15) is 0 Å². The van der Waals surface area contributed by atoms with Gasteiger partial charge in [0.05, 0.1) is 5.92 Å². The van der Waals surface area contributed by atoms with E-state index < -0.39 is 0 Å². The van der Waals surface area contributed by atoms with Crippen LogP contribution in [0.3, 0.4) is 0 Å². The van der Waals surface area contributed by atoms with Crippen molar-refractivity contribution in [1.29, 1.82) is 0 Å². The normalized spacial score (nSPS) is 23.0. The molecular formula is C16H21N3O2. The van der Waals surface area contributed by atoms with Gasteiger partial charge in [0.25, 0.3) is 0 Å². The van der Waals surface area contributed by atoms with E-state index in [1.807, 2.05) is 25.1 Å². The number of aromatic nitrogens is 1. The van der Waals surface area contributed by atoms with Crippen LogP contribution in [-0.4, -0.2) is 16.9 Å². The molecule has 0 aliphatic heterocycles. The fraction of sp³-hybridized carbons (Fsp3) is 0.500. The average Bonchev–Trinajstić information content (AvgIpc) is 2.67. The molecule has 2 unspecified atom stereocenters. The van der Waals surface area contributed by atoms with Crippen LogP contribution in [0.1, 0.15) is 38.0 Å². The number of nitrogens with zero attached hydrogens (tertiary/aromatic N) is 1. The van der Waals surface area contributed by atoms with E-state index in [1.54, 1.807) is 0 Å². The molecule has 5 nitrogen and oxygen atoms in total. The number of fused-ring (bicyclic) bond motifs is 1. The van der Waals surface area contributed by atoms with Crippen LogP contribution in [0.2, 0.25) is 0 Å². The van der Waals surface area contributed by atoms with Gasteiger partial charge in [0.15, 0.2) is 11.5 Å². The minimum absolute atomic E-state index is 0.0176. The largest absolute Gasteiger partial charge is 0.441 e. The molecule has 0 radical (unpaired) electrons. The predicted octanol–water partition coefficient (Wildman–Crippen LogP) is 2.98. The van der Waals surface area contributed by atoms with Crippen LogP contribution < -0.4 is 11.1 Å². The molecule has 1 aliphatic carbocycles. The van der Waals surface area contributed by atoms with Gasteiger partial charge in [0, 0.05) is 18.7 Å². The highest BCUT2D eigenvalue weighted by Crippen LogP contribution is 2.25. The Balaban J connectivity index is 1.75. The van der Waals surface area contributed by atoms with Gasteiger partial charge in [-0.25, -0.2) is 4.98 Å². The van der Waals surface area contributed by atoms with Crippen LogP contribution in [0.5, 0.6) is 0 Å². The number of aryl methyl sites for hydroxylation is 1. The van der Waals surface area contributed by atoms with Gasteiger partial charge in [-0.15, -0.1) is 0 Å². The molecule has 1 amide bonds. The van der Waals surface area contributed by atoms with Crippen LogP contribution in [0.25, 0.3) is 11.1 Å². The monoisotopic (exact) mass is 287 g/mol. The van der Waals surface area contributed by atoms with Gasteiger partial charge in [-0.1, -0.05) is 19.3 Å². The number of hydrogen-bond donors (Lipinski definition) is 2. The molecular weight excluding hydrogens is 266 g/mol. The summed E-state index contributed by atoms with van der Waals surface area (Å²) < 4.78 is 5.43. The van der Waals surface area contributed by atoms with Crippen molar-refractivity contribution >= 4 is 22.7 Å². The highest BCUT2D eigenvalue weighted by Gasteiger charge is 2.27. The van der Waals surface area contributed by atoms with E-state index in [4.69, 9.17) is 10.2 Å². The second-order valence-corrected chi connectivity index (χ2v) is 5.81. The summed E-state index contributed by atoms with van der Waals surface area (Å²) in [4.78, 5) is 16.7. The first-order chi connectivity index (χ1) is 10.1. The lowest BCUT2D eigenvalue weighted by molar-refractivity contribution is -0.120. The molecule has 5 heteroatoms. The summed E-state index contributed by atoms with van der Waals surface area (Å²) in [5.41, 5.74) is 8.38. The van der Waals surface area contributed by atoms with Crippen molar-refractivity contribution < 1.29 is 9.21 Å². The Morgan fingerprint density at radius 3 is 3.00 bits per heavy atom. The molecule has 2 atom stereocenters. The quantitative estimate of drug-likeness (QED) is 0.832. The summed E-state index contributed by atoms with van der Waals surface area (Å²) in [6.45, 7) is 1.81. The van der Waals surface area contributed by atoms with E-state index >= 15 is 0 Å². The molecule has 21 heavy (non-hydrogen) atoms. The topological polar surface area (TPSA) is 81.2 Å². The molecule has 3 N–H and O–H groups in total. The molecule has 0 bridgehead atoms. The smallest absolute Gasteiger partial charge is 0.229 e. The van der Waals surface area contributed by atoms with Crippen LogP contribution in [-0.2, 0) is 4.79 Å². The van der Waals surface area contributed by atoms with Gasteiger partial charge in [0.2, 0.25) is 5.91 Å². The van der Waals surface area contributed by atoms with Gasteiger partial charge in [-0.05, 0) is 31.0 Å². The summed E-state index contributed by atoms with van der Waals surface area (Å²) in [5, 5.41) is 2.97. The number of nitrogens with two attached hydrogens (primary N) is 1. The highest BCUT2D eigenvalue weighted by atomic mass is 16.3. The lowest BCUT2D eigenvalue weighted by Gasteiger charge is -2.20. The molecule has 1 aliphatic rings. The van der Waals surface area contributed by atoms with Gasteiger partial charge in [-0.3, -0.25) is 4.79 Å². The Kier molecular flexibility index (Phi) is 3.92. The average molecular weight is 287 g/mol. The second kappa shape index (κ2) is 5.85. The number of carbonyl (C=O) groups is 1. The molecule has 0 saturated heterocycles. The second-order valence-electron chi connectivity index (χ2n) is 5.81. The number of anilines is 1. The molecule has 1 saturated carbocycles. The molecule has 1 aromatic carbocycles. The number of benzene rings is 1. The number of amides is 1. The summed E-state index contributed by atoms with van der Waals surface area (Å²) in [5.74, 6) is 0.547. The maximum Gasteiger partial charge on any atom is 0.229 e. The number of hydrogen-bond acceptors (Lipinski definition) is 4. The summed E-state index contributed by atoms with van der Waals surface area (Å²) in [6, 6.07) is 5.47. The molecule has 1 aromatic heterocycles. The van der Waals surface area contributed by atoms with Crippen molar-refractivity contribution in [2.45, 2.75) is 45.1 Å². The van der Waals surface area contributed by atoms with E-state index in [9.17, 15) is 4.79 Å². The Hall–Kier alpha value is -1.88.